The molecule has 1 atom stereocenters. The zero-order valence-electron chi connectivity index (χ0n) is 18.2. The number of aromatic nitrogens is 5. The Morgan fingerprint density at radius 2 is 2.00 bits per heavy atom. The van der Waals surface area contributed by atoms with Gasteiger partial charge in [-0.1, -0.05) is 0 Å². The molecule has 0 bridgehead atoms. The molecule has 9 nitrogen and oxygen atoms in total. The van der Waals surface area contributed by atoms with E-state index in [0.29, 0.717) is 40.8 Å². The lowest BCUT2D eigenvalue weighted by molar-refractivity contribution is 0.436. The second-order valence-electron chi connectivity index (χ2n) is 8.13. The number of hydrogen-bond donors (Lipinski definition) is 3. The lowest BCUT2D eigenvalue weighted by Crippen LogP contribution is -2.43. The van der Waals surface area contributed by atoms with Gasteiger partial charge in [-0.3, -0.25) is 0 Å². The van der Waals surface area contributed by atoms with Gasteiger partial charge in [-0.2, -0.15) is 9.97 Å². The average Bonchev–Trinajstić information content (AvgIpc) is 3.17. The van der Waals surface area contributed by atoms with Crippen LogP contribution in [0.4, 0.5) is 15.9 Å². The minimum Gasteiger partial charge on any atom is -0.421 e. The van der Waals surface area contributed by atoms with Crippen LogP contribution in [0.3, 0.4) is 0 Å². The molecule has 0 saturated carbocycles. The lowest BCUT2D eigenvalue weighted by Gasteiger charge is -2.32. The quantitative estimate of drug-likeness (QED) is 0.445. The molecule has 4 N–H and O–H groups in total. The highest BCUT2D eigenvalue weighted by Gasteiger charge is 2.26. The molecule has 0 radical (unpaired) electrons. The molecule has 1 unspecified atom stereocenters. The number of H-pyrrole nitrogens is 1. The van der Waals surface area contributed by atoms with Crippen molar-refractivity contribution < 1.29 is 9.13 Å². The van der Waals surface area contributed by atoms with Gasteiger partial charge in [-0.15, -0.1) is 0 Å². The van der Waals surface area contributed by atoms with Gasteiger partial charge in [-0.05, 0) is 38.3 Å². The number of anilines is 2. The molecule has 1 fully saturated rings. The Balaban J connectivity index is 1.75. The summed E-state index contributed by atoms with van der Waals surface area (Å²) in [6, 6.07) is 1.69. The second kappa shape index (κ2) is 7.86. The van der Waals surface area contributed by atoms with E-state index in [-0.39, 0.29) is 17.9 Å². The number of nitrogens with zero attached hydrogens (tertiary/aromatic N) is 5. The first-order chi connectivity index (χ1) is 15.4. The second-order valence-corrected chi connectivity index (χ2v) is 8.13. The summed E-state index contributed by atoms with van der Waals surface area (Å²) in [4.78, 5) is 23.1. The SMILES string of the molecule is CNc1cc(F)c(C)c2c1[nH]c1nc(Oc3cnc(C)nc3)nc(N3CCCC(N)C3)c12. The molecular weight excluding hydrogens is 411 g/mol. The van der Waals surface area contributed by atoms with Crippen LogP contribution >= 0.6 is 0 Å². The summed E-state index contributed by atoms with van der Waals surface area (Å²) in [5, 5.41) is 4.58. The predicted octanol–water partition coefficient (Wildman–Crippen LogP) is 3.42. The van der Waals surface area contributed by atoms with Gasteiger partial charge in [0.25, 0.3) is 0 Å². The van der Waals surface area contributed by atoms with E-state index in [1.54, 1.807) is 33.3 Å². The number of piperidine rings is 1. The molecule has 3 aromatic heterocycles. The fourth-order valence-corrected chi connectivity index (χ4v) is 4.27. The van der Waals surface area contributed by atoms with Gasteiger partial charge in [0.05, 0.1) is 29.0 Å². The van der Waals surface area contributed by atoms with E-state index >= 15 is 0 Å². The van der Waals surface area contributed by atoms with Crippen molar-refractivity contribution in [1.82, 2.24) is 24.9 Å². The van der Waals surface area contributed by atoms with E-state index in [9.17, 15) is 4.39 Å². The molecule has 5 rings (SSSR count). The maximum Gasteiger partial charge on any atom is 0.326 e. The van der Waals surface area contributed by atoms with Crippen LogP contribution in [0.1, 0.15) is 24.2 Å². The Morgan fingerprint density at radius 3 is 2.72 bits per heavy atom. The molecule has 10 heteroatoms. The number of benzene rings is 1. The first-order valence-electron chi connectivity index (χ1n) is 10.6. The van der Waals surface area contributed by atoms with E-state index in [1.165, 1.54) is 6.07 Å². The third-order valence-corrected chi connectivity index (χ3v) is 5.88. The topological polar surface area (TPSA) is 118 Å². The van der Waals surface area contributed by atoms with Gasteiger partial charge < -0.3 is 25.7 Å². The highest BCUT2D eigenvalue weighted by Crippen LogP contribution is 2.39. The number of aryl methyl sites for hydroxylation is 2. The number of nitrogens with two attached hydrogens (primary N) is 1. The standard InChI is InChI=1S/C22H25FN8O/c1-11-15(23)7-16(25-3)19-17(11)18-20(28-19)29-22(32-14-8-26-12(2)27-9-14)30-21(18)31-6-4-5-13(24)10-31/h7-9,13,25H,4-6,10,24H2,1-3H3,(H,28,29,30). The molecule has 4 aromatic rings. The third kappa shape index (κ3) is 3.46. The van der Waals surface area contributed by atoms with Crippen LogP contribution in [0.2, 0.25) is 0 Å². The number of aromatic amines is 1. The fourth-order valence-electron chi connectivity index (χ4n) is 4.27. The number of nitrogens with one attached hydrogen (secondary N) is 2. The number of rotatable bonds is 4. The van der Waals surface area contributed by atoms with Crippen molar-refractivity contribution >= 4 is 33.4 Å². The minimum absolute atomic E-state index is 0.0412. The van der Waals surface area contributed by atoms with Crippen molar-refractivity contribution in [3.05, 3.63) is 35.7 Å². The molecule has 32 heavy (non-hydrogen) atoms. The van der Waals surface area contributed by atoms with E-state index in [0.717, 1.165) is 35.7 Å². The van der Waals surface area contributed by atoms with Crippen molar-refractivity contribution in [3.8, 4) is 11.8 Å². The fraction of sp³-hybridized carbons (Fsp3) is 0.364. The van der Waals surface area contributed by atoms with Gasteiger partial charge in [-0.25, -0.2) is 14.4 Å². The van der Waals surface area contributed by atoms with Crippen LogP contribution in [-0.4, -0.2) is 51.1 Å². The smallest absolute Gasteiger partial charge is 0.326 e. The number of fused-ring (bicyclic) bond motifs is 3. The maximum atomic E-state index is 14.8. The van der Waals surface area contributed by atoms with Crippen LogP contribution in [0, 0.1) is 19.7 Å². The molecule has 1 aromatic carbocycles. The maximum absolute atomic E-state index is 14.8. The zero-order valence-corrected chi connectivity index (χ0v) is 18.2. The number of halogens is 1. The summed E-state index contributed by atoms with van der Waals surface area (Å²) >= 11 is 0. The van der Waals surface area contributed by atoms with Gasteiger partial charge in [0.1, 0.15) is 23.1 Å². The lowest BCUT2D eigenvalue weighted by atomic mass is 10.0. The van der Waals surface area contributed by atoms with Crippen LogP contribution in [0.5, 0.6) is 11.8 Å². The first kappa shape index (κ1) is 20.4. The summed E-state index contributed by atoms with van der Waals surface area (Å²) < 4.78 is 20.7. The van der Waals surface area contributed by atoms with Crippen LogP contribution in [0.25, 0.3) is 21.9 Å². The summed E-state index contributed by atoms with van der Waals surface area (Å²) in [5.41, 5.74) is 8.79. The van der Waals surface area contributed by atoms with E-state index < -0.39 is 0 Å². The summed E-state index contributed by atoms with van der Waals surface area (Å²) in [6.07, 6.45) is 5.07. The summed E-state index contributed by atoms with van der Waals surface area (Å²) in [7, 11) is 1.76. The molecule has 0 spiro atoms. The first-order valence-corrected chi connectivity index (χ1v) is 10.6. The molecule has 4 heterocycles. The van der Waals surface area contributed by atoms with E-state index in [1.807, 2.05) is 0 Å². The highest BCUT2D eigenvalue weighted by atomic mass is 19.1. The van der Waals surface area contributed by atoms with Crippen molar-refractivity contribution in [1.29, 1.82) is 0 Å². The highest BCUT2D eigenvalue weighted by molar-refractivity contribution is 6.16. The third-order valence-electron chi connectivity index (χ3n) is 5.88. The van der Waals surface area contributed by atoms with Gasteiger partial charge in [0.15, 0.2) is 5.75 Å². The predicted molar refractivity (Wildman–Crippen MR) is 122 cm³/mol. The zero-order chi connectivity index (χ0) is 22.4. The molecule has 0 amide bonds. The molecule has 1 aliphatic heterocycles. The number of ether oxygens (including phenoxy) is 1. The number of hydrogen-bond acceptors (Lipinski definition) is 8. The molecule has 166 valence electrons. The Kier molecular flexibility index (Phi) is 5.01. The van der Waals surface area contributed by atoms with E-state index in [2.05, 4.69) is 30.2 Å². The Morgan fingerprint density at radius 1 is 1.22 bits per heavy atom. The Hall–Kier alpha value is -3.53. The van der Waals surface area contributed by atoms with Crippen LogP contribution in [-0.2, 0) is 0 Å². The normalized spacial score (nSPS) is 16.7. The van der Waals surface area contributed by atoms with Crippen molar-refractivity contribution in [2.24, 2.45) is 5.73 Å². The summed E-state index contributed by atoms with van der Waals surface area (Å²) in [6.45, 7) is 5.02. The minimum atomic E-state index is -0.291. The van der Waals surface area contributed by atoms with Crippen molar-refractivity contribution in [3.63, 3.8) is 0 Å². The molecule has 1 aliphatic rings. The van der Waals surface area contributed by atoms with Crippen molar-refractivity contribution in [2.75, 3.05) is 30.4 Å². The van der Waals surface area contributed by atoms with Crippen LogP contribution in [0.15, 0.2) is 18.5 Å². The van der Waals surface area contributed by atoms with E-state index in [4.69, 9.17) is 15.5 Å². The van der Waals surface area contributed by atoms with Gasteiger partial charge in [0, 0.05) is 31.6 Å². The average molecular weight is 436 g/mol. The Labute approximate surface area is 184 Å². The van der Waals surface area contributed by atoms with Gasteiger partial charge in [0.2, 0.25) is 0 Å². The molecule has 1 saturated heterocycles. The summed E-state index contributed by atoms with van der Waals surface area (Å²) in [5.74, 6) is 1.46. The largest absolute Gasteiger partial charge is 0.421 e. The monoisotopic (exact) mass is 436 g/mol. The molecule has 0 aliphatic carbocycles. The van der Waals surface area contributed by atoms with Crippen molar-refractivity contribution in [2.45, 2.75) is 32.7 Å². The van der Waals surface area contributed by atoms with Gasteiger partial charge >= 0.3 is 6.01 Å². The van der Waals surface area contributed by atoms with Crippen LogP contribution < -0.4 is 20.7 Å². The Bertz CT molecular complexity index is 1300. The molecular formula is C22H25FN8O.